The lowest BCUT2D eigenvalue weighted by molar-refractivity contribution is -0.462. The molecule has 0 saturated heterocycles. The third-order valence-corrected chi connectivity index (χ3v) is 9.84. The van der Waals surface area contributed by atoms with Crippen molar-refractivity contribution in [3.8, 4) is 0 Å². The van der Waals surface area contributed by atoms with E-state index < -0.39 is 53.2 Å². The molecule has 2 aliphatic rings. The zero-order valence-electron chi connectivity index (χ0n) is 24.8. The van der Waals surface area contributed by atoms with E-state index in [2.05, 4.69) is 6.92 Å². The summed E-state index contributed by atoms with van der Waals surface area (Å²) in [5, 5.41) is 0. The Hall–Kier alpha value is -1.97. The Bertz CT molecular complexity index is 1170. The van der Waals surface area contributed by atoms with Gasteiger partial charge in [0.2, 0.25) is 0 Å². The Morgan fingerprint density at radius 3 is 1.17 bits per heavy atom. The highest BCUT2D eigenvalue weighted by Gasteiger charge is 2.95. The summed E-state index contributed by atoms with van der Waals surface area (Å²) in [5.74, 6) is -55.0. The molecule has 0 atom stereocenters. The second kappa shape index (κ2) is 13.1. The SMILES string of the molecule is CCC1CCC(CCC2CCC(c3ccc(C(F)(F)C(F)(F)C(F)(F)C(F)(F)C(F)(F)C(F)(F)C(F)(F)C(F)(F)F)cc3)CC2)CC1. The Morgan fingerprint density at radius 1 is 0.447 bits per heavy atom. The number of hydrogen-bond acceptors (Lipinski definition) is 0. The van der Waals surface area contributed by atoms with Gasteiger partial charge in [-0.05, 0) is 54.9 Å². The summed E-state index contributed by atoms with van der Waals surface area (Å²) in [5.41, 5.74) is -1.90. The summed E-state index contributed by atoms with van der Waals surface area (Å²) in [7, 11) is 0. The molecule has 0 radical (unpaired) electrons. The van der Waals surface area contributed by atoms with Gasteiger partial charge in [0.25, 0.3) is 0 Å². The Balaban J connectivity index is 1.73. The molecule has 0 spiro atoms. The fraction of sp³-hybridized carbons (Fsp3) is 0.800. The third-order valence-electron chi connectivity index (χ3n) is 9.84. The van der Waals surface area contributed by atoms with Crippen LogP contribution in [0.2, 0.25) is 0 Å². The van der Waals surface area contributed by atoms with Crippen molar-refractivity contribution in [3.05, 3.63) is 35.4 Å². The van der Waals surface area contributed by atoms with Crippen LogP contribution in [0.25, 0.3) is 0 Å². The van der Waals surface area contributed by atoms with E-state index in [1.165, 1.54) is 12.8 Å². The highest BCUT2D eigenvalue weighted by molar-refractivity contribution is 5.31. The first-order valence-corrected chi connectivity index (χ1v) is 15.0. The van der Waals surface area contributed by atoms with Crippen molar-refractivity contribution in [3.63, 3.8) is 0 Å². The lowest BCUT2D eigenvalue weighted by atomic mass is 9.74. The van der Waals surface area contributed by atoms with Crippen LogP contribution in [-0.2, 0) is 5.92 Å². The Morgan fingerprint density at radius 2 is 0.787 bits per heavy atom. The minimum atomic E-state index is -8.63. The number of hydrogen-bond donors (Lipinski definition) is 0. The zero-order valence-corrected chi connectivity index (χ0v) is 24.8. The van der Waals surface area contributed by atoms with Crippen LogP contribution < -0.4 is 0 Å². The van der Waals surface area contributed by atoms with Crippen molar-refractivity contribution in [2.45, 2.75) is 131 Å². The van der Waals surface area contributed by atoms with Gasteiger partial charge in [-0.1, -0.05) is 76.1 Å². The second-order valence-electron chi connectivity index (χ2n) is 12.7. The van der Waals surface area contributed by atoms with Crippen molar-refractivity contribution >= 4 is 0 Å². The summed E-state index contributed by atoms with van der Waals surface area (Å²) in [4.78, 5) is 0. The van der Waals surface area contributed by atoms with Gasteiger partial charge in [-0.25, -0.2) is 0 Å². The molecule has 0 amide bonds. The molecule has 17 heteroatoms. The molecule has 3 rings (SSSR count). The maximum atomic E-state index is 14.6. The summed E-state index contributed by atoms with van der Waals surface area (Å²) < 4.78 is 231. The van der Waals surface area contributed by atoms with E-state index in [0.29, 0.717) is 24.7 Å². The summed E-state index contributed by atoms with van der Waals surface area (Å²) in [6.07, 6.45) is 2.67. The Labute approximate surface area is 259 Å². The Kier molecular flexibility index (Phi) is 11.0. The first-order valence-electron chi connectivity index (χ1n) is 15.0. The molecule has 272 valence electrons. The van der Waals surface area contributed by atoms with E-state index in [1.54, 1.807) is 0 Å². The van der Waals surface area contributed by atoms with Gasteiger partial charge in [0, 0.05) is 5.56 Å². The average molecular weight is 717 g/mol. The van der Waals surface area contributed by atoms with Crippen LogP contribution in [0.4, 0.5) is 74.6 Å². The fourth-order valence-corrected chi connectivity index (χ4v) is 6.49. The maximum absolute atomic E-state index is 14.6. The molecule has 1 aromatic rings. The largest absolute Gasteiger partial charge is 0.460 e. The van der Waals surface area contributed by atoms with Crippen LogP contribution >= 0.6 is 0 Å². The van der Waals surface area contributed by atoms with Crippen LogP contribution in [-0.4, -0.2) is 41.7 Å². The van der Waals surface area contributed by atoms with E-state index in [-0.39, 0.29) is 23.6 Å². The maximum Gasteiger partial charge on any atom is 0.460 e. The fourth-order valence-electron chi connectivity index (χ4n) is 6.49. The van der Waals surface area contributed by atoms with Crippen molar-refractivity contribution < 1.29 is 74.6 Å². The van der Waals surface area contributed by atoms with Gasteiger partial charge >= 0.3 is 47.6 Å². The summed E-state index contributed by atoms with van der Waals surface area (Å²) in [6.45, 7) is 2.16. The van der Waals surface area contributed by atoms with Crippen LogP contribution in [0.1, 0.15) is 94.6 Å². The quantitative estimate of drug-likeness (QED) is 0.189. The van der Waals surface area contributed by atoms with E-state index in [0.717, 1.165) is 63.0 Å². The van der Waals surface area contributed by atoms with Crippen LogP contribution in [0, 0.1) is 17.8 Å². The molecule has 0 aliphatic heterocycles. The molecular weight excluding hydrogens is 683 g/mol. The van der Waals surface area contributed by atoms with Crippen molar-refractivity contribution in [2.75, 3.05) is 0 Å². The first-order chi connectivity index (χ1) is 21.2. The molecule has 0 unspecified atom stereocenters. The van der Waals surface area contributed by atoms with Crippen LogP contribution in [0.15, 0.2) is 24.3 Å². The molecule has 0 N–H and O–H groups in total. The van der Waals surface area contributed by atoms with Crippen molar-refractivity contribution in [1.82, 2.24) is 0 Å². The molecule has 0 nitrogen and oxygen atoms in total. The van der Waals surface area contributed by atoms with E-state index in [4.69, 9.17) is 0 Å². The predicted molar refractivity (Wildman–Crippen MR) is 136 cm³/mol. The molecule has 0 bridgehead atoms. The van der Waals surface area contributed by atoms with Gasteiger partial charge in [-0.15, -0.1) is 0 Å². The monoisotopic (exact) mass is 716 g/mol. The van der Waals surface area contributed by atoms with Crippen molar-refractivity contribution in [1.29, 1.82) is 0 Å². The number of benzene rings is 1. The topological polar surface area (TPSA) is 0 Å². The van der Waals surface area contributed by atoms with E-state index >= 15 is 0 Å². The predicted octanol–water partition coefficient (Wildman–Crippen LogP) is 12.4. The molecule has 47 heavy (non-hydrogen) atoms. The second-order valence-corrected chi connectivity index (χ2v) is 12.7. The molecular formula is C30H33F17. The van der Waals surface area contributed by atoms with Crippen LogP contribution in [0.3, 0.4) is 0 Å². The molecule has 2 saturated carbocycles. The van der Waals surface area contributed by atoms with Crippen molar-refractivity contribution in [2.24, 2.45) is 17.8 Å². The molecule has 2 aliphatic carbocycles. The number of alkyl halides is 17. The first kappa shape index (κ1) is 39.5. The smallest absolute Gasteiger partial charge is 0.194 e. The number of rotatable bonds is 12. The molecule has 2 fully saturated rings. The lowest BCUT2D eigenvalue weighted by Gasteiger charge is -2.42. The van der Waals surface area contributed by atoms with Gasteiger partial charge in [-0.3, -0.25) is 0 Å². The number of halogens is 17. The highest BCUT2D eigenvalue weighted by Crippen LogP contribution is 2.65. The van der Waals surface area contributed by atoms with E-state index in [1.807, 2.05) is 0 Å². The van der Waals surface area contributed by atoms with Gasteiger partial charge in [-0.2, -0.15) is 74.6 Å². The van der Waals surface area contributed by atoms with Gasteiger partial charge in [0.05, 0.1) is 0 Å². The normalized spacial score (nSPS) is 24.8. The lowest BCUT2D eigenvalue weighted by Crippen LogP contribution is -2.74. The summed E-state index contributed by atoms with van der Waals surface area (Å²) in [6, 6.07) is 1.75. The van der Waals surface area contributed by atoms with E-state index in [9.17, 15) is 74.6 Å². The molecule has 0 heterocycles. The minimum absolute atomic E-state index is 0.0980. The van der Waals surface area contributed by atoms with Gasteiger partial charge in [0.1, 0.15) is 0 Å². The van der Waals surface area contributed by atoms with Crippen LogP contribution in [0.5, 0.6) is 0 Å². The summed E-state index contributed by atoms with van der Waals surface area (Å²) >= 11 is 0. The highest BCUT2D eigenvalue weighted by atomic mass is 19.4. The standard InChI is InChI=1S/C30H33F17/c1-2-17-3-5-18(6-4-17)7-8-19-9-11-20(12-10-19)21-13-15-22(16-14-21)23(31,32)24(33,34)25(35,36)26(37,38)27(39,40)28(41,42)29(43,44)30(45,46)47/h13-20H,2-12H2,1H3. The molecule has 1 aromatic carbocycles. The van der Waals surface area contributed by atoms with Gasteiger partial charge < -0.3 is 0 Å². The van der Waals surface area contributed by atoms with Gasteiger partial charge in [0.15, 0.2) is 0 Å². The molecule has 0 aromatic heterocycles. The third kappa shape index (κ3) is 6.66. The minimum Gasteiger partial charge on any atom is -0.194 e. The zero-order chi connectivity index (χ0) is 36.1. The average Bonchev–Trinajstić information content (AvgIpc) is 2.99.